The number of carbonyl (C=O) groups is 1. The molecule has 6 heteroatoms. The van der Waals surface area contributed by atoms with Gasteiger partial charge in [-0.05, 0) is 52.9 Å². The third-order valence-corrected chi connectivity index (χ3v) is 3.52. The van der Waals surface area contributed by atoms with E-state index in [0.717, 1.165) is 3.57 Å². The summed E-state index contributed by atoms with van der Waals surface area (Å²) < 4.78 is 1.01. The summed E-state index contributed by atoms with van der Waals surface area (Å²) in [5, 5.41) is 12.6. The molecule has 0 saturated carbocycles. The molecule has 0 radical (unpaired) electrons. The van der Waals surface area contributed by atoms with Gasteiger partial charge in [0.05, 0.1) is 27.6 Å². The van der Waals surface area contributed by atoms with E-state index in [4.69, 9.17) is 22.4 Å². The molecule has 0 aliphatic heterocycles. The lowest BCUT2D eigenvalue weighted by atomic mass is 10.1. The fraction of sp³-hybridized carbons (Fsp3) is 0. The Hall–Kier alpha value is -1.47. The fourth-order valence-electron chi connectivity index (χ4n) is 1.60. The van der Waals surface area contributed by atoms with Crippen LogP contribution < -0.4 is 11.1 Å². The molecule has 0 fully saturated rings. The molecule has 0 unspecified atom stereocenters. The quantitative estimate of drug-likeness (QED) is 0.549. The highest BCUT2D eigenvalue weighted by atomic mass is 127. The summed E-state index contributed by atoms with van der Waals surface area (Å²) in [5.41, 5.74) is 7.26. The van der Waals surface area contributed by atoms with Crippen molar-refractivity contribution in [1.29, 1.82) is 0 Å². The number of hydrogen-bond acceptors (Lipinski definition) is 3. The summed E-state index contributed by atoms with van der Waals surface area (Å²) in [6.45, 7) is 0. The molecule has 2 rings (SSSR count). The van der Waals surface area contributed by atoms with Gasteiger partial charge in [0.15, 0.2) is 0 Å². The molecule has 98 valence electrons. The Morgan fingerprint density at radius 3 is 2.63 bits per heavy atom. The monoisotopic (exact) mass is 388 g/mol. The number of benzene rings is 2. The zero-order valence-electron chi connectivity index (χ0n) is 9.65. The largest absolute Gasteiger partial charge is 0.478 e. The SMILES string of the molecule is Nc1c(Nc2ccc(I)cc2Cl)cccc1C(=O)O. The van der Waals surface area contributed by atoms with E-state index in [2.05, 4.69) is 27.9 Å². The minimum atomic E-state index is -1.06. The molecule has 0 amide bonds. The number of carboxylic acid groups (broad SMARTS) is 1. The number of aromatic carboxylic acids is 1. The van der Waals surface area contributed by atoms with Gasteiger partial charge in [0.2, 0.25) is 0 Å². The van der Waals surface area contributed by atoms with Crippen LogP contribution in [0.5, 0.6) is 0 Å². The highest BCUT2D eigenvalue weighted by molar-refractivity contribution is 14.1. The van der Waals surface area contributed by atoms with E-state index in [-0.39, 0.29) is 11.3 Å². The molecule has 0 spiro atoms. The van der Waals surface area contributed by atoms with Crippen molar-refractivity contribution in [2.75, 3.05) is 11.1 Å². The average Bonchev–Trinajstić information content (AvgIpc) is 2.34. The fourth-order valence-corrected chi connectivity index (χ4v) is 2.50. The van der Waals surface area contributed by atoms with Crippen LogP contribution in [0.25, 0.3) is 0 Å². The lowest BCUT2D eigenvalue weighted by Crippen LogP contribution is -2.05. The lowest BCUT2D eigenvalue weighted by Gasteiger charge is -2.12. The van der Waals surface area contributed by atoms with Gasteiger partial charge in [0, 0.05) is 3.57 Å². The van der Waals surface area contributed by atoms with E-state index >= 15 is 0 Å². The number of hydrogen-bond donors (Lipinski definition) is 3. The van der Waals surface area contributed by atoms with E-state index < -0.39 is 5.97 Å². The Morgan fingerprint density at radius 2 is 2.00 bits per heavy atom. The van der Waals surface area contributed by atoms with E-state index in [1.165, 1.54) is 6.07 Å². The molecule has 2 aromatic carbocycles. The molecule has 4 nitrogen and oxygen atoms in total. The van der Waals surface area contributed by atoms with Gasteiger partial charge in [-0.15, -0.1) is 0 Å². The molecular formula is C13H10ClIN2O2. The van der Waals surface area contributed by atoms with Gasteiger partial charge < -0.3 is 16.2 Å². The van der Waals surface area contributed by atoms with Crippen LogP contribution in [0.15, 0.2) is 36.4 Å². The average molecular weight is 389 g/mol. The third-order valence-electron chi connectivity index (χ3n) is 2.54. The molecule has 0 atom stereocenters. The normalized spacial score (nSPS) is 10.2. The first kappa shape index (κ1) is 14.0. The molecule has 0 heterocycles. The molecule has 19 heavy (non-hydrogen) atoms. The van der Waals surface area contributed by atoms with Crippen LogP contribution in [0.4, 0.5) is 17.1 Å². The molecule has 0 bridgehead atoms. The van der Waals surface area contributed by atoms with Gasteiger partial charge in [0.25, 0.3) is 0 Å². The first-order valence-corrected chi connectivity index (χ1v) is 6.78. The van der Waals surface area contributed by atoms with E-state index in [1.807, 2.05) is 18.2 Å². The zero-order valence-corrected chi connectivity index (χ0v) is 12.6. The maximum Gasteiger partial charge on any atom is 0.337 e. The number of para-hydroxylation sites is 1. The summed E-state index contributed by atoms with van der Waals surface area (Å²) in [5.74, 6) is -1.06. The molecule has 2 aromatic rings. The highest BCUT2D eigenvalue weighted by Gasteiger charge is 2.11. The minimum Gasteiger partial charge on any atom is -0.478 e. The van der Waals surface area contributed by atoms with Crippen LogP contribution in [0.2, 0.25) is 5.02 Å². The van der Waals surface area contributed by atoms with Crippen LogP contribution in [0.3, 0.4) is 0 Å². The van der Waals surface area contributed by atoms with Gasteiger partial charge in [0.1, 0.15) is 0 Å². The van der Waals surface area contributed by atoms with Crippen molar-refractivity contribution in [3.05, 3.63) is 50.6 Å². The summed E-state index contributed by atoms with van der Waals surface area (Å²) in [6.07, 6.45) is 0. The Labute approximate surface area is 128 Å². The van der Waals surface area contributed by atoms with Crippen molar-refractivity contribution in [2.45, 2.75) is 0 Å². The zero-order chi connectivity index (χ0) is 14.0. The summed E-state index contributed by atoms with van der Waals surface area (Å²) in [7, 11) is 0. The Morgan fingerprint density at radius 1 is 1.26 bits per heavy atom. The van der Waals surface area contributed by atoms with Crippen molar-refractivity contribution < 1.29 is 9.90 Å². The molecule has 0 aliphatic carbocycles. The van der Waals surface area contributed by atoms with Gasteiger partial charge in [-0.3, -0.25) is 0 Å². The van der Waals surface area contributed by atoms with E-state index in [1.54, 1.807) is 12.1 Å². The summed E-state index contributed by atoms with van der Waals surface area (Å²) >= 11 is 8.27. The van der Waals surface area contributed by atoms with E-state index in [0.29, 0.717) is 16.4 Å². The second-order valence-corrected chi connectivity index (χ2v) is 5.47. The van der Waals surface area contributed by atoms with Crippen LogP contribution in [-0.2, 0) is 0 Å². The third kappa shape index (κ3) is 3.10. The van der Waals surface area contributed by atoms with Gasteiger partial charge in [-0.1, -0.05) is 17.7 Å². The standard InChI is InChI=1S/C13H10ClIN2O2/c14-9-6-7(15)4-5-10(9)17-11-3-1-2-8(12(11)16)13(18)19/h1-6,17H,16H2,(H,18,19). The molecular weight excluding hydrogens is 379 g/mol. The van der Waals surface area contributed by atoms with Gasteiger partial charge in [-0.2, -0.15) is 0 Å². The number of carboxylic acids is 1. The summed E-state index contributed by atoms with van der Waals surface area (Å²) in [4.78, 5) is 11.0. The predicted molar refractivity (Wildman–Crippen MR) is 85.3 cm³/mol. The van der Waals surface area contributed by atoms with Crippen molar-refractivity contribution in [3.63, 3.8) is 0 Å². The number of nitrogens with one attached hydrogen (secondary N) is 1. The van der Waals surface area contributed by atoms with E-state index in [9.17, 15) is 4.79 Å². The first-order chi connectivity index (χ1) is 8.99. The van der Waals surface area contributed by atoms with Crippen molar-refractivity contribution in [2.24, 2.45) is 0 Å². The number of nitrogens with two attached hydrogens (primary N) is 1. The van der Waals surface area contributed by atoms with Crippen molar-refractivity contribution >= 4 is 57.2 Å². The van der Waals surface area contributed by atoms with Crippen molar-refractivity contribution in [1.82, 2.24) is 0 Å². The number of rotatable bonds is 3. The molecule has 4 N–H and O–H groups in total. The lowest BCUT2D eigenvalue weighted by molar-refractivity contribution is 0.0698. The Balaban J connectivity index is 2.38. The molecule has 0 aliphatic rings. The van der Waals surface area contributed by atoms with Crippen molar-refractivity contribution in [3.8, 4) is 0 Å². The predicted octanol–water partition coefficient (Wildman–Crippen LogP) is 3.97. The molecule has 0 saturated heterocycles. The second-order valence-electron chi connectivity index (χ2n) is 3.82. The highest BCUT2D eigenvalue weighted by Crippen LogP contribution is 2.31. The van der Waals surface area contributed by atoms with Crippen LogP contribution in [-0.4, -0.2) is 11.1 Å². The first-order valence-electron chi connectivity index (χ1n) is 5.33. The molecule has 0 aromatic heterocycles. The van der Waals surface area contributed by atoms with Crippen LogP contribution in [0, 0.1) is 3.57 Å². The Bertz CT molecular complexity index is 647. The van der Waals surface area contributed by atoms with Crippen LogP contribution in [0.1, 0.15) is 10.4 Å². The smallest absolute Gasteiger partial charge is 0.337 e. The Kier molecular flexibility index (Phi) is 4.16. The van der Waals surface area contributed by atoms with Crippen LogP contribution >= 0.6 is 34.2 Å². The minimum absolute atomic E-state index is 0.0617. The van der Waals surface area contributed by atoms with Gasteiger partial charge in [-0.25, -0.2) is 4.79 Å². The second kappa shape index (κ2) is 5.66. The van der Waals surface area contributed by atoms with Gasteiger partial charge >= 0.3 is 5.97 Å². The number of halogens is 2. The number of anilines is 3. The number of nitrogen functional groups attached to an aromatic ring is 1. The maximum atomic E-state index is 11.0. The summed E-state index contributed by atoms with van der Waals surface area (Å²) in [6, 6.07) is 10.3. The maximum absolute atomic E-state index is 11.0. The topological polar surface area (TPSA) is 75.3 Å².